The summed E-state index contributed by atoms with van der Waals surface area (Å²) < 4.78 is 4.13. The maximum Gasteiger partial charge on any atom is 0.296 e. The summed E-state index contributed by atoms with van der Waals surface area (Å²) in [6.45, 7) is 0.866. The van der Waals surface area contributed by atoms with Gasteiger partial charge in [-0.2, -0.15) is 0 Å². The summed E-state index contributed by atoms with van der Waals surface area (Å²) in [6, 6.07) is 8.16. The number of para-hydroxylation sites is 2. The van der Waals surface area contributed by atoms with Crippen molar-refractivity contribution in [3.05, 3.63) is 35.8 Å². The normalized spacial score (nSPS) is 20.7. The van der Waals surface area contributed by atoms with E-state index in [0.717, 1.165) is 36.2 Å². The minimum atomic E-state index is 0. The first-order valence-corrected chi connectivity index (χ1v) is 7.33. The van der Waals surface area contributed by atoms with Gasteiger partial charge < -0.3 is 22.4 Å². The van der Waals surface area contributed by atoms with E-state index in [1.165, 1.54) is 0 Å². The molecule has 0 amide bonds. The van der Waals surface area contributed by atoms with Crippen molar-refractivity contribution in [3.8, 4) is 0 Å². The largest absolute Gasteiger partial charge is 1.00 e. The molecule has 0 bridgehead atoms. The maximum absolute atomic E-state index is 10.6. The number of aryl methyl sites for hydroxylation is 2. The van der Waals surface area contributed by atoms with E-state index in [4.69, 9.17) is 5.41 Å². The maximum atomic E-state index is 10.6. The van der Waals surface area contributed by atoms with Gasteiger partial charge in [-0.25, -0.2) is 9.13 Å². The number of fused-ring (bicyclic) bond motifs is 2. The van der Waals surface area contributed by atoms with E-state index in [1.807, 2.05) is 31.1 Å². The Labute approximate surface area is 135 Å². The number of hydrogen-bond acceptors (Lipinski definition) is 2. The summed E-state index contributed by atoms with van der Waals surface area (Å²) >= 11 is 0. The molecule has 3 heterocycles. The van der Waals surface area contributed by atoms with Gasteiger partial charge in [-0.15, -0.1) is 0 Å². The third kappa shape index (κ3) is 1.72. The standard InChI is InChI=1S/C16H18N4O.ClH/c1-18-10-6-3-4-7-11(10)19(2)16(18)13-14(21)12-8-5-9-20(12)15(13)17;/h3-4,6-7,12,17H,5,8-9H2,1-2H3;1H. The second-order valence-corrected chi connectivity index (χ2v) is 5.89. The van der Waals surface area contributed by atoms with E-state index in [0.29, 0.717) is 17.2 Å². The van der Waals surface area contributed by atoms with Crippen LogP contribution in [0.1, 0.15) is 18.7 Å². The zero-order valence-electron chi connectivity index (χ0n) is 12.7. The smallest absolute Gasteiger partial charge is 0.296 e. The lowest BCUT2D eigenvalue weighted by molar-refractivity contribution is -0.648. The Kier molecular flexibility index (Phi) is 3.40. The van der Waals surface area contributed by atoms with E-state index < -0.39 is 0 Å². The zero-order valence-corrected chi connectivity index (χ0v) is 13.4. The Morgan fingerprint density at radius 1 is 1.32 bits per heavy atom. The molecule has 22 heavy (non-hydrogen) atoms. The lowest BCUT2D eigenvalue weighted by atomic mass is 10.1. The van der Waals surface area contributed by atoms with Crippen LogP contribution in [0.15, 0.2) is 30.0 Å². The van der Waals surface area contributed by atoms with Crippen LogP contribution in [0, 0.1) is 5.41 Å². The second kappa shape index (κ2) is 5.02. The van der Waals surface area contributed by atoms with Crippen molar-refractivity contribution < 1.29 is 22.1 Å². The molecule has 1 atom stereocenters. The highest BCUT2D eigenvalue weighted by molar-refractivity contribution is 6.23. The molecule has 0 radical (unpaired) electrons. The van der Waals surface area contributed by atoms with Crippen LogP contribution >= 0.6 is 0 Å². The Balaban J connectivity index is 0.00000144. The first kappa shape index (κ1) is 14.9. The highest BCUT2D eigenvalue weighted by Crippen LogP contribution is 2.36. The number of aromatic nitrogens is 2. The van der Waals surface area contributed by atoms with E-state index >= 15 is 0 Å². The van der Waals surface area contributed by atoms with E-state index in [2.05, 4.69) is 21.3 Å². The number of benzene rings is 1. The fourth-order valence-corrected chi connectivity index (χ4v) is 3.79. The number of aliphatic hydroxyl groups is 1. The van der Waals surface area contributed by atoms with Gasteiger partial charge in [0.25, 0.3) is 5.82 Å². The molecule has 2 aliphatic heterocycles. The quantitative estimate of drug-likeness (QED) is 0.644. The zero-order chi connectivity index (χ0) is 14.7. The Bertz CT molecular complexity index is 769. The van der Waals surface area contributed by atoms with Crippen molar-refractivity contribution in [1.82, 2.24) is 9.47 Å². The number of nitrogens with zero attached hydrogens (tertiary/aromatic N) is 3. The fraction of sp³-hybridized carbons (Fsp3) is 0.375. The molecule has 0 spiro atoms. The fourth-order valence-electron chi connectivity index (χ4n) is 3.79. The minimum absolute atomic E-state index is 0. The Hall–Kier alpha value is -2.01. The van der Waals surface area contributed by atoms with Gasteiger partial charge in [-0.05, 0) is 25.0 Å². The number of amidine groups is 1. The van der Waals surface area contributed by atoms with Crippen LogP contribution in [0.25, 0.3) is 16.6 Å². The van der Waals surface area contributed by atoms with Crippen molar-refractivity contribution in [1.29, 1.82) is 5.41 Å². The second-order valence-electron chi connectivity index (χ2n) is 5.89. The SMILES string of the molecule is Cn1c(C2=C(O)C3CCCN3C2=N)[n+](C)c2ccccc21.[Cl-]. The third-order valence-electron chi connectivity index (χ3n) is 4.81. The molecule has 2 N–H and O–H groups in total. The number of nitrogens with one attached hydrogen (secondary N) is 1. The number of hydrogen-bond donors (Lipinski definition) is 2. The molecular formula is C16H19ClN4O. The Morgan fingerprint density at radius 2 is 2.05 bits per heavy atom. The van der Waals surface area contributed by atoms with Crippen LogP contribution in [-0.4, -0.2) is 33.0 Å². The molecule has 1 unspecified atom stereocenters. The molecule has 2 aromatic rings. The molecule has 4 rings (SSSR count). The van der Waals surface area contributed by atoms with Gasteiger partial charge in [0.05, 0.1) is 20.1 Å². The molecule has 2 aliphatic rings. The molecule has 1 fully saturated rings. The summed E-state index contributed by atoms with van der Waals surface area (Å²) in [6.07, 6.45) is 1.98. The van der Waals surface area contributed by atoms with Gasteiger partial charge in [0.2, 0.25) is 0 Å². The number of rotatable bonds is 1. The molecule has 1 saturated heterocycles. The molecule has 0 aliphatic carbocycles. The number of aliphatic hydroxyl groups excluding tert-OH is 1. The van der Waals surface area contributed by atoms with Gasteiger partial charge in [-0.1, -0.05) is 12.1 Å². The summed E-state index contributed by atoms with van der Waals surface area (Å²) in [4.78, 5) is 2.02. The molecule has 5 nitrogen and oxygen atoms in total. The molecule has 1 aromatic carbocycles. The predicted octanol–water partition coefficient (Wildman–Crippen LogP) is -1.27. The highest BCUT2D eigenvalue weighted by atomic mass is 35.5. The van der Waals surface area contributed by atoms with Crippen LogP contribution in [0.2, 0.25) is 0 Å². The van der Waals surface area contributed by atoms with Gasteiger partial charge in [0.15, 0.2) is 11.0 Å². The van der Waals surface area contributed by atoms with Gasteiger partial charge in [-0.3, -0.25) is 5.41 Å². The van der Waals surface area contributed by atoms with Crippen molar-refractivity contribution in [2.24, 2.45) is 14.1 Å². The summed E-state index contributed by atoms with van der Waals surface area (Å²) in [5.74, 6) is 1.71. The monoisotopic (exact) mass is 318 g/mol. The van der Waals surface area contributed by atoms with Gasteiger partial charge in [0, 0.05) is 6.54 Å². The average Bonchev–Trinajstić information content (AvgIpc) is 3.12. The summed E-state index contributed by atoms with van der Waals surface area (Å²) in [5.41, 5.74) is 2.89. The summed E-state index contributed by atoms with van der Waals surface area (Å²) in [5, 5.41) is 19.1. The van der Waals surface area contributed by atoms with Crippen LogP contribution in [0.4, 0.5) is 0 Å². The minimum Gasteiger partial charge on any atom is -1.00 e. The van der Waals surface area contributed by atoms with Crippen molar-refractivity contribution >= 4 is 22.4 Å². The van der Waals surface area contributed by atoms with Crippen LogP contribution in [0.3, 0.4) is 0 Å². The van der Waals surface area contributed by atoms with Crippen molar-refractivity contribution in [3.63, 3.8) is 0 Å². The van der Waals surface area contributed by atoms with Crippen molar-refractivity contribution in [2.45, 2.75) is 18.9 Å². The van der Waals surface area contributed by atoms with Crippen LogP contribution < -0.4 is 17.0 Å². The van der Waals surface area contributed by atoms with Gasteiger partial charge >= 0.3 is 0 Å². The van der Waals surface area contributed by atoms with Crippen molar-refractivity contribution in [2.75, 3.05) is 6.54 Å². The third-order valence-corrected chi connectivity index (χ3v) is 4.81. The van der Waals surface area contributed by atoms with E-state index in [-0.39, 0.29) is 18.4 Å². The first-order chi connectivity index (χ1) is 10.1. The van der Waals surface area contributed by atoms with E-state index in [9.17, 15) is 5.11 Å². The summed E-state index contributed by atoms with van der Waals surface area (Å²) in [7, 11) is 3.99. The molecular weight excluding hydrogens is 300 g/mol. The Morgan fingerprint density at radius 3 is 2.73 bits per heavy atom. The van der Waals surface area contributed by atoms with Gasteiger partial charge in [0.1, 0.15) is 17.2 Å². The van der Waals surface area contributed by atoms with Crippen LogP contribution in [0.5, 0.6) is 0 Å². The molecule has 116 valence electrons. The highest BCUT2D eigenvalue weighted by Gasteiger charge is 2.44. The number of halogens is 1. The van der Waals surface area contributed by atoms with E-state index in [1.54, 1.807) is 0 Å². The average molecular weight is 319 g/mol. The van der Waals surface area contributed by atoms with Crippen LogP contribution in [-0.2, 0) is 14.1 Å². The predicted molar refractivity (Wildman–Crippen MR) is 81.1 cm³/mol. The lowest BCUT2D eigenvalue weighted by Gasteiger charge is -2.17. The number of imidazole rings is 1. The lowest BCUT2D eigenvalue weighted by Crippen LogP contribution is -3.00. The molecule has 6 heteroatoms. The molecule has 1 aromatic heterocycles. The molecule has 0 saturated carbocycles. The first-order valence-electron chi connectivity index (χ1n) is 7.33. The topological polar surface area (TPSA) is 56.1 Å².